The van der Waals surface area contributed by atoms with Crippen molar-refractivity contribution in [2.75, 3.05) is 7.11 Å². The minimum atomic E-state index is -0.791. The van der Waals surface area contributed by atoms with Crippen molar-refractivity contribution >= 4 is 0 Å². The summed E-state index contributed by atoms with van der Waals surface area (Å²) in [5.74, 6) is 0.880. The van der Waals surface area contributed by atoms with Gasteiger partial charge in [0.1, 0.15) is 12.1 Å². The Kier molecular flexibility index (Phi) is 3.21. The number of nitrogens with zero attached hydrogens (tertiary/aromatic N) is 2. The number of aromatic nitrogens is 2. The number of benzene rings is 1. The second-order valence-corrected chi connectivity index (χ2v) is 4.02. The Balaban J connectivity index is 2.31. The van der Waals surface area contributed by atoms with Crippen LogP contribution in [0.4, 0.5) is 0 Å². The largest absolute Gasteiger partial charge is 0.377 e. The van der Waals surface area contributed by atoms with Crippen LogP contribution in [0.2, 0.25) is 0 Å². The van der Waals surface area contributed by atoms with Gasteiger partial charge in [0.05, 0.1) is 0 Å². The number of hydrogen-bond acceptors (Lipinski definition) is 5. The van der Waals surface area contributed by atoms with E-state index in [0.717, 1.165) is 5.56 Å². The van der Waals surface area contributed by atoms with Gasteiger partial charge < -0.3 is 15.0 Å². The second-order valence-electron chi connectivity index (χ2n) is 4.02. The molecule has 1 heterocycles. The van der Waals surface area contributed by atoms with Gasteiger partial charge in [-0.1, -0.05) is 35.5 Å². The molecule has 5 nitrogen and oxygen atoms in total. The van der Waals surface area contributed by atoms with E-state index < -0.39 is 5.54 Å². The molecule has 0 fully saturated rings. The summed E-state index contributed by atoms with van der Waals surface area (Å²) in [4.78, 5) is 4.22. The lowest BCUT2D eigenvalue weighted by molar-refractivity contribution is 0.174. The first-order valence-corrected chi connectivity index (χ1v) is 5.31. The molecule has 0 aliphatic heterocycles. The van der Waals surface area contributed by atoms with Crippen molar-refractivity contribution in [2.24, 2.45) is 5.73 Å². The number of ether oxygens (including phenoxy) is 1. The molecule has 0 aliphatic carbocycles. The van der Waals surface area contributed by atoms with Crippen LogP contribution in [0.5, 0.6) is 0 Å². The van der Waals surface area contributed by atoms with Gasteiger partial charge >= 0.3 is 0 Å². The molecule has 5 heteroatoms. The zero-order valence-electron chi connectivity index (χ0n) is 9.88. The highest BCUT2D eigenvalue weighted by Gasteiger charge is 2.30. The van der Waals surface area contributed by atoms with Crippen molar-refractivity contribution in [3.63, 3.8) is 0 Å². The normalized spacial score (nSPS) is 14.5. The Hall–Kier alpha value is -1.72. The molecule has 2 aromatic rings. The lowest BCUT2D eigenvalue weighted by Crippen LogP contribution is -2.34. The number of hydrogen-bond donors (Lipinski definition) is 1. The minimum Gasteiger partial charge on any atom is -0.377 e. The van der Waals surface area contributed by atoms with Crippen molar-refractivity contribution in [1.29, 1.82) is 0 Å². The zero-order chi connectivity index (χ0) is 12.3. The molecule has 1 atom stereocenters. The first-order chi connectivity index (χ1) is 8.14. The monoisotopic (exact) mass is 233 g/mol. The van der Waals surface area contributed by atoms with Crippen LogP contribution in [0, 0.1) is 0 Å². The van der Waals surface area contributed by atoms with E-state index >= 15 is 0 Å². The van der Waals surface area contributed by atoms with Crippen LogP contribution in [-0.4, -0.2) is 17.3 Å². The van der Waals surface area contributed by atoms with Gasteiger partial charge in [0, 0.05) is 7.11 Å². The van der Waals surface area contributed by atoms with Crippen molar-refractivity contribution < 1.29 is 9.26 Å². The molecule has 90 valence electrons. The van der Waals surface area contributed by atoms with E-state index in [1.807, 2.05) is 37.3 Å². The lowest BCUT2D eigenvalue weighted by atomic mass is 9.93. The predicted molar refractivity (Wildman–Crippen MR) is 62.1 cm³/mol. The Morgan fingerprint density at radius 2 is 2.06 bits per heavy atom. The van der Waals surface area contributed by atoms with E-state index in [2.05, 4.69) is 10.1 Å². The fourth-order valence-corrected chi connectivity index (χ4v) is 1.56. The summed E-state index contributed by atoms with van der Waals surface area (Å²) in [5, 5.41) is 3.81. The molecule has 0 radical (unpaired) electrons. The van der Waals surface area contributed by atoms with E-state index in [4.69, 9.17) is 15.0 Å². The summed E-state index contributed by atoms with van der Waals surface area (Å²) in [7, 11) is 1.58. The van der Waals surface area contributed by atoms with E-state index in [-0.39, 0.29) is 0 Å². The minimum absolute atomic E-state index is 0.314. The fraction of sp³-hybridized carbons (Fsp3) is 0.333. The first-order valence-electron chi connectivity index (χ1n) is 5.31. The van der Waals surface area contributed by atoms with E-state index in [1.165, 1.54) is 0 Å². The lowest BCUT2D eigenvalue weighted by Gasteiger charge is -2.20. The molecular weight excluding hydrogens is 218 g/mol. The molecule has 2 N–H and O–H groups in total. The van der Waals surface area contributed by atoms with Crippen LogP contribution < -0.4 is 5.73 Å². The molecule has 1 unspecified atom stereocenters. The van der Waals surface area contributed by atoms with Crippen molar-refractivity contribution in [1.82, 2.24) is 10.1 Å². The smallest absolute Gasteiger partial charge is 0.251 e. The summed E-state index contributed by atoms with van der Waals surface area (Å²) in [6.45, 7) is 2.15. The molecule has 17 heavy (non-hydrogen) atoms. The van der Waals surface area contributed by atoms with Gasteiger partial charge in [-0.05, 0) is 12.5 Å². The predicted octanol–water partition coefficient (Wildman–Crippen LogP) is 1.44. The maximum absolute atomic E-state index is 6.23. The van der Waals surface area contributed by atoms with Crippen molar-refractivity contribution in [3.05, 3.63) is 47.6 Å². The number of nitrogens with two attached hydrogens (primary N) is 1. The third kappa shape index (κ3) is 2.35. The topological polar surface area (TPSA) is 74.2 Å². The van der Waals surface area contributed by atoms with Crippen LogP contribution in [-0.2, 0) is 16.9 Å². The van der Waals surface area contributed by atoms with Crippen LogP contribution in [0.1, 0.15) is 24.2 Å². The summed E-state index contributed by atoms with van der Waals surface area (Å²) in [5.41, 5.74) is 6.36. The Morgan fingerprint density at radius 1 is 1.35 bits per heavy atom. The molecule has 0 saturated heterocycles. The standard InChI is InChI=1S/C12H15N3O2/c1-12(13,9-6-4-3-5-7-9)11-14-10(8-16-2)15-17-11/h3-7H,8,13H2,1-2H3. The van der Waals surface area contributed by atoms with E-state index in [0.29, 0.717) is 18.3 Å². The highest BCUT2D eigenvalue weighted by atomic mass is 16.5. The van der Waals surface area contributed by atoms with Gasteiger partial charge in [-0.25, -0.2) is 0 Å². The van der Waals surface area contributed by atoms with E-state index in [9.17, 15) is 0 Å². The highest BCUT2D eigenvalue weighted by molar-refractivity contribution is 5.28. The number of rotatable bonds is 4. The average Bonchev–Trinajstić information content (AvgIpc) is 2.80. The molecular formula is C12H15N3O2. The van der Waals surface area contributed by atoms with Crippen LogP contribution in [0.25, 0.3) is 0 Å². The molecule has 0 bridgehead atoms. The highest BCUT2D eigenvalue weighted by Crippen LogP contribution is 2.24. The third-order valence-electron chi connectivity index (χ3n) is 2.56. The van der Waals surface area contributed by atoms with Crippen LogP contribution in [0.3, 0.4) is 0 Å². The Bertz CT molecular complexity index is 480. The molecule has 0 spiro atoms. The second kappa shape index (κ2) is 4.65. The van der Waals surface area contributed by atoms with Crippen molar-refractivity contribution in [3.8, 4) is 0 Å². The number of methoxy groups -OCH3 is 1. The summed E-state index contributed by atoms with van der Waals surface area (Å²) < 4.78 is 10.1. The third-order valence-corrected chi connectivity index (χ3v) is 2.56. The maximum Gasteiger partial charge on any atom is 0.251 e. The molecule has 0 saturated carbocycles. The molecule has 1 aromatic heterocycles. The molecule has 0 aliphatic rings. The fourth-order valence-electron chi connectivity index (χ4n) is 1.56. The average molecular weight is 233 g/mol. The first kappa shape index (κ1) is 11.8. The van der Waals surface area contributed by atoms with Gasteiger partial charge in [0.25, 0.3) is 5.89 Å². The SMILES string of the molecule is COCc1noc(C(C)(N)c2ccccc2)n1. The molecule has 2 rings (SSSR count). The zero-order valence-corrected chi connectivity index (χ0v) is 9.88. The Labute approximate surface area is 99.6 Å². The summed E-state index contributed by atoms with van der Waals surface area (Å²) in [6.07, 6.45) is 0. The van der Waals surface area contributed by atoms with Crippen LogP contribution >= 0.6 is 0 Å². The Morgan fingerprint density at radius 3 is 2.71 bits per heavy atom. The molecule has 0 amide bonds. The van der Waals surface area contributed by atoms with Gasteiger partial charge in [0.15, 0.2) is 5.82 Å². The van der Waals surface area contributed by atoms with Gasteiger partial charge in [0.2, 0.25) is 0 Å². The maximum atomic E-state index is 6.23. The quantitative estimate of drug-likeness (QED) is 0.864. The van der Waals surface area contributed by atoms with E-state index in [1.54, 1.807) is 7.11 Å². The van der Waals surface area contributed by atoms with Gasteiger partial charge in [-0.3, -0.25) is 0 Å². The molecule has 1 aromatic carbocycles. The summed E-state index contributed by atoms with van der Waals surface area (Å²) >= 11 is 0. The summed E-state index contributed by atoms with van der Waals surface area (Å²) in [6, 6.07) is 9.64. The van der Waals surface area contributed by atoms with Gasteiger partial charge in [-0.2, -0.15) is 4.98 Å². The van der Waals surface area contributed by atoms with Crippen LogP contribution in [0.15, 0.2) is 34.9 Å². The van der Waals surface area contributed by atoms with Crippen molar-refractivity contribution in [2.45, 2.75) is 19.1 Å². The van der Waals surface area contributed by atoms with Gasteiger partial charge in [-0.15, -0.1) is 0 Å².